The van der Waals surface area contributed by atoms with Crippen LogP contribution < -0.4 is 0 Å². The number of aromatic nitrogens is 3. The van der Waals surface area contributed by atoms with E-state index in [1.165, 1.54) is 21.8 Å². The second-order valence-corrected chi connectivity index (χ2v) is 5.48. The maximum atomic E-state index is 9.01. The molecule has 0 fully saturated rings. The summed E-state index contributed by atoms with van der Waals surface area (Å²) in [5.41, 5.74) is 3.87. The molecule has 4 rings (SSSR count). The first-order valence-electron chi connectivity index (χ1n) is 7.10. The molecular formula is C18H14N4. The summed E-state index contributed by atoms with van der Waals surface area (Å²) in [6.07, 6.45) is 1.75. The second kappa shape index (κ2) is 4.47. The van der Waals surface area contributed by atoms with E-state index in [4.69, 9.17) is 5.26 Å². The minimum atomic E-state index is 0.440. The van der Waals surface area contributed by atoms with Gasteiger partial charge in [0.25, 0.3) is 0 Å². The number of nitriles is 1. The van der Waals surface area contributed by atoms with Gasteiger partial charge in [-0.2, -0.15) is 5.26 Å². The van der Waals surface area contributed by atoms with Crippen LogP contribution in [0, 0.1) is 11.3 Å². The predicted octanol–water partition coefficient (Wildman–Crippen LogP) is 3.60. The molecule has 4 aromatic rings. The van der Waals surface area contributed by atoms with Crippen LogP contribution in [0.15, 0.2) is 48.7 Å². The Bertz CT molecular complexity index is 1060. The SMILES string of the molecule is Cn1cc(C#N)nc1-c1ccc2c(c1)c1ccccc1n2C. The van der Waals surface area contributed by atoms with Crippen LogP contribution in [0.1, 0.15) is 5.69 Å². The molecule has 2 aromatic carbocycles. The van der Waals surface area contributed by atoms with Crippen LogP contribution >= 0.6 is 0 Å². The molecule has 0 N–H and O–H groups in total. The van der Waals surface area contributed by atoms with Crippen molar-refractivity contribution >= 4 is 21.8 Å². The third-order valence-electron chi connectivity index (χ3n) is 4.16. The minimum Gasteiger partial charge on any atom is -0.344 e. The highest BCUT2D eigenvalue weighted by molar-refractivity contribution is 6.09. The van der Waals surface area contributed by atoms with Crippen molar-refractivity contribution in [3.63, 3.8) is 0 Å². The molecule has 0 bridgehead atoms. The zero-order chi connectivity index (χ0) is 15.3. The first-order chi connectivity index (χ1) is 10.7. The Balaban J connectivity index is 2.03. The number of aryl methyl sites for hydroxylation is 2. The first-order valence-corrected chi connectivity index (χ1v) is 7.10. The van der Waals surface area contributed by atoms with Gasteiger partial charge in [0.1, 0.15) is 11.9 Å². The van der Waals surface area contributed by atoms with E-state index in [-0.39, 0.29) is 0 Å². The Kier molecular flexibility index (Phi) is 2.57. The standard InChI is InChI=1S/C18H14N4/c1-21-11-13(10-19)20-18(21)12-7-8-17-15(9-12)14-5-3-4-6-16(14)22(17)2/h3-9,11H,1-2H3. The molecular weight excluding hydrogens is 272 g/mol. The van der Waals surface area contributed by atoms with Crippen molar-refractivity contribution in [1.29, 1.82) is 5.26 Å². The quantitative estimate of drug-likeness (QED) is 0.536. The van der Waals surface area contributed by atoms with E-state index in [1.807, 2.05) is 11.6 Å². The summed E-state index contributed by atoms with van der Waals surface area (Å²) in [4.78, 5) is 4.39. The number of rotatable bonds is 1. The van der Waals surface area contributed by atoms with Gasteiger partial charge >= 0.3 is 0 Å². The molecule has 0 atom stereocenters. The van der Waals surface area contributed by atoms with Crippen molar-refractivity contribution in [1.82, 2.24) is 14.1 Å². The number of fused-ring (bicyclic) bond motifs is 3. The zero-order valence-electron chi connectivity index (χ0n) is 12.4. The van der Waals surface area contributed by atoms with E-state index in [1.54, 1.807) is 6.20 Å². The molecule has 22 heavy (non-hydrogen) atoms. The van der Waals surface area contributed by atoms with Crippen LogP contribution in [0.5, 0.6) is 0 Å². The van der Waals surface area contributed by atoms with E-state index in [0.717, 1.165) is 11.4 Å². The number of hydrogen-bond acceptors (Lipinski definition) is 2. The van der Waals surface area contributed by atoms with Crippen molar-refractivity contribution in [2.45, 2.75) is 0 Å². The summed E-state index contributed by atoms with van der Waals surface area (Å²) in [6.45, 7) is 0. The van der Waals surface area contributed by atoms with Gasteiger partial charge in [0.05, 0.1) is 0 Å². The zero-order valence-corrected chi connectivity index (χ0v) is 12.4. The van der Waals surface area contributed by atoms with Gasteiger partial charge in [0.15, 0.2) is 5.69 Å². The van der Waals surface area contributed by atoms with Gasteiger partial charge in [-0.25, -0.2) is 4.98 Å². The third kappa shape index (κ3) is 1.66. The molecule has 0 aliphatic heterocycles. The van der Waals surface area contributed by atoms with Gasteiger partial charge in [-0.1, -0.05) is 18.2 Å². The molecule has 0 saturated heterocycles. The maximum Gasteiger partial charge on any atom is 0.159 e. The lowest BCUT2D eigenvalue weighted by Gasteiger charge is -2.03. The molecule has 0 spiro atoms. The summed E-state index contributed by atoms with van der Waals surface area (Å²) >= 11 is 0. The fraction of sp³-hybridized carbons (Fsp3) is 0.111. The fourth-order valence-corrected chi connectivity index (χ4v) is 3.10. The molecule has 0 aliphatic carbocycles. The average Bonchev–Trinajstić information content (AvgIpc) is 3.06. The van der Waals surface area contributed by atoms with E-state index >= 15 is 0 Å². The second-order valence-electron chi connectivity index (χ2n) is 5.48. The number of hydrogen-bond donors (Lipinski definition) is 0. The monoisotopic (exact) mass is 286 g/mol. The highest BCUT2D eigenvalue weighted by Gasteiger charge is 2.12. The number of imidazole rings is 1. The van der Waals surface area contributed by atoms with Crippen LogP contribution in [0.25, 0.3) is 33.2 Å². The van der Waals surface area contributed by atoms with Crippen molar-refractivity contribution in [3.05, 3.63) is 54.4 Å². The first kappa shape index (κ1) is 12.7. The Hall–Kier alpha value is -3.06. The Labute approximate surface area is 127 Å². The molecule has 4 heteroatoms. The third-order valence-corrected chi connectivity index (χ3v) is 4.16. The van der Waals surface area contributed by atoms with E-state index in [2.05, 4.69) is 65.1 Å². The molecule has 0 aliphatic rings. The lowest BCUT2D eigenvalue weighted by molar-refractivity contribution is 0.925. The highest BCUT2D eigenvalue weighted by Crippen LogP contribution is 2.31. The Morgan fingerprint density at radius 2 is 1.77 bits per heavy atom. The van der Waals surface area contributed by atoms with Crippen LogP contribution in [-0.4, -0.2) is 14.1 Å². The van der Waals surface area contributed by atoms with Gasteiger partial charge in [-0.05, 0) is 24.3 Å². The smallest absolute Gasteiger partial charge is 0.159 e. The molecule has 4 nitrogen and oxygen atoms in total. The van der Waals surface area contributed by atoms with Gasteiger partial charge in [0.2, 0.25) is 0 Å². The van der Waals surface area contributed by atoms with Gasteiger partial charge in [0, 0.05) is 47.7 Å². The number of para-hydroxylation sites is 1. The molecule has 0 amide bonds. The minimum absolute atomic E-state index is 0.440. The highest BCUT2D eigenvalue weighted by atomic mass is 15.0. The van der Waals surface area contributed by atoms with Crippen LogP contribution in [0.4, 0.5) is 0 Å². The van der Waals surface area contributed by atoms with Crippen LogP contribution in [0.2, 0.25) is 0 Å². The molecule has 0 saturated carbocycles. The number of benzene rings is 2. The van der Waals surface area contributed by atoms with Crippen molar-refractivity contribution < 1.29 is 0 Å². The number of nitrogens with zero attached hydrogens (tertiary/aromatic N) is 4. The predicted molar refractivity (Wildman–Crippen MR) is 87.3 cm³/mol. The van der Waals surface area contributed by atoms with Gasteiger partial charge < -0.3 is 9.13 Å². The molecule has 106 valence electrons. The molecule has 2 heterocycles. The lowest BCUT2D eigenvalue weighted by atomic mass is 10.1. The van der Waals surface area contributed by atoms with E-state index < -0.39 is 0 Å². The fourth-order valence-electron chi connectivity index (χ4n) is 3.10. The van der Waals surface area contributed by atoms with Crippen molar-refractivity contribution in [3.8, 4) is 17.5 Å². The topological polar surface area (TPSA) is 46.5 Å². The van der Waals surface area contributed by atoms with Crippen LogP contribution in [0.3, 0.4) is 0 Å². The van der Waals surface area contributed by atoms with Crippen LogP contribution in [-0.2, 0) is 14.1 Å². The molecule has 0 radical (unpaired) electrons. The van der Waals surface area contributed by atoms with E-state index in [0.29, 0.717) is 5.69 Å². The summed E-state index contributed by atoms with van der Waals surface area (Å²) in [5.74, 6) is 0.811. The maximum absolute atomic E-state index is 9.01. The summed E-state index contributed by atoms with van der Waals surface area (Å²) < 4.78 is 4.10. The summed E-state index contributed by atoms with van der Waals surface area (Å²) in [6, 6.07) is 16.8. The van der Waals surface area contributed by atoms with Gasteiger partial charge in [-0.15, -0.1) is 0 Å². The Morgan fingerprint density at radius 3 is 2.55 bits per heavy atom. The normalized spacial score (nSPS) is 11.1. The summed E-state index contributed by atoms with van der Waals surface area (Å²) in [5, 5.41) is 11.4. The van der Waals surface area contributed by atoms with Crippen molar-refractivity contribution in [2.24, 2.45) is 14.1 Å². The largest absolute Gasteiger partial charge is 0.344 e. The van der Waals surface area contributed by atoms with Gasteiger partial charge in [-0.3, -0.25) is 0 Å². The lowest BCUT2D eigenvalue weighted by Crippen LogP contribution is -1.91. The van der Waals surface area contributed by atoms with E-state index in [9.17, 15) is 0 Å². The molecule has 2 aromatic heterocycles. The van der Waals surface area contributed by atoms with Crippen molar-refractivity contribution in [2.75, 3.05) is 0 Å². The Morgan fingerprint density at radius 1 is 1.00 bits per heavy atom. The molecule has 0 unspecified atom stereocenters. The average molecular weight is 286 g/mol. The summed E-state index contributed by atoms with van der Waals surface area (Å²) in [7, 11) is 4.00.